The molecule has 0 saturated carbocycles. The first-order valence-corrected chi connectivity index (χ1v) is 13.6. The summed E-state index contributed by atoms with van der Waals surface area (Å²) in [5.41, 5.74) is 3.89. The summed E-state index contributed by atoms with van der Waals surface area (Å²) in [7, 11) is 0. The van der Waals surface area contributed by atoms with Crippen LogP contribution in [0.4, 0.5) is 10.8 Å². The standard InChI is InChI=1S/C28H26N4O5S/c1-28(2)13-19-23(24(33)30-28)38-27(29-19)31-9-10-36-22-8-7-17(11-20(22)31)15-3-5-16(6-4-15)25(34)32-14-18-12-21(32)26(35)37-18/h3-8,11,18,21H,9-10,12-14H2,1-2H3,(H,30,33)/t18-,21-/m1/s1. The lowest BCUT2D eigenvalue weighted by molar-refractivity contribution is -0.149. The number of benzene rings is 2. The lowest BCUT2D eigenvalue weighted by Gasteiger charge is -2.30. The van der Waals surface area contributed by atoms with Gasteiger partial charge in [-0.2, -0.15) is 0 Å². The van der Waals surface area contributed by atoms with E-state index in [-0.39, 0.29) is 29.4 Å². The highest BCUT2D eigenvalue weighted by molar-refractivity contribution is 7.17. The fraction of sp³-hybridized carbons (Fsp3) is 0.357. The van der Waals surface area contributed by atoms with Crippen LogP contribution in [0.5, 0.6) is 5.75 Å². The third kappa shape index (κ3) is 3.74. The average molecular weight is 531 g/mol. The Labute approximate surface area is 223 Å². The minimum Gasteiger partial charge on any atom is -0.490 e. The summed E-state index contributed by atoms with van der Waals surface area (Å²) in [6.45, 7) is 5.62. The van der Waals surface area contributed by atoms with Gasteiger partial charge in [-0.15, -0.1) is 0 Å². The summed E-state index contributed by atoms with van der Waals surface area (Å²) in [5.74, 6) is 0.236. The van der Waals surface area contributed by atoms with Crippen LogP contribution in [0.15, 0.2) is 42.5 Å². The molecule has 2 saturated heterocycles. The number of thiazole rings is 1. The highest BCUT2D eigenvalue weighted by Crippen LogP contribution is 2.42. The number of ether oxygens (including phenoxy) is 2. The quantitative estimate of drug-likeness (QED) is 0.517. The number of amides is 2. The summed E-state index contributed by atoms with van der Waals surface area (Å²) in [6.07, 6.45) is 1.09. The van der Waals surface area contributed by atoms with Crippen molar-refractivity contribution >= 4 is 39.9 Å². The summed E-state index contributed by atoms with van der Waals surface area (Å²) in [6, 6.07) is 13.0. The van der Waals surface area contributed by atoms with E-state index in [1.165, 1.54) is 11.3 Å². The van der Waals surface area contributed by atoms with E-state index >= 15 is 0 Å². The molecule has 7 rings (SSSR count). The third-order valence-corrected chi connectivity index (χ3v) is 8.67. The minimum absolute atomic E-state index is 0.0736. The number of anilines is 2. The fourth-order valence-corrected chi connectivity index (χ4v) is 6.74. The second-order valence-corrected chi connectivity index (χ2v) is 11.8. The Kier molecular flexibility index (Phi) is 5.07. The molecule has 0 unspecified atom stereocenters. The zero-order valence-electron chi connectivity index (χ0n) is 21.0. The molecule has 4 aliphatic heterocycles. The van der Waals surface area contributed by atoms with Crippen molar-refractivity contribution in [3.63, 3.8) is 0 Å². The number of rotatable bonds is 3. The van der Waals surface area contributed by atoms with Crippen LogP contribution in [0.3, 0.4) is 0 Å². The van der Waals surface area contributed by atoms with Gasteiger partial charge in [-0.25, -0.2) is 9.78 Å². The Morgan fingerprint density at radius 3 is 2.68 bits per heavy atom. The van der Waals surface area contributed by atoms with Crippen LogP contribution in [-0.4, -0.2) is 65.0 Å². The van der Waals surface area contributed by atoms with Crippen molar-refractivity contribution in [3.8, 4) is 16.9 Å². The monoisotopic (exact) mass is 530 g/mol. The Balaban J connectivity index is 1.16. The molecule has 1 aromatic heterocycles. The molecule has 38 heavy (non-hydrogen) atoms. The Morgan fingerprint density at radius 2 is 1.92 bits per heavy atom. The maximum atomic E-state index is 13.0. The highest BCUT2D eigenvalue weighted by Gasteiger charge is 2.48. The number of aromatic nitrogens is 1. The van der Waals surface area contributed by atoms with E-state index in [9.17, 15) is 14.4 Å². The molecular formula is C28H26N4O5S. The summed E-state index contributed by atoms with van der Waals surface area (Å²) >= 11 is 1.41. The van der Waals surface area contributed by atoms with Gasteiger partial charge >= 0.3 is 5.97 Å². The zero-order valence-corrected chi connectivity index (χ0v) is 21.8. The van der Waals surface area contributed by atoms with Crippen LogP contribution in [0.25, 0.3) is 11.1 Å². The Bertz CT molecular complexity index is 1500. The van der Waals surface area contributed by atoms with Gasteiger partial charge in [0.15, 0.2) is 5.13 Å². The smallest absolute Gasteiger partial charge is 0.329 e. The number of likely N-dealkylation sites (tertiary alicyclic amines) is 1. The summed E-state index contributed by atoms with van der Waals surface area (Å²) in [5, 5.41) is 3.84. The Hall–Kier alpha value is -3.92. The van der Waals surface area contributed by atoms with E-state index in [4.69, 9.17) is 14.5 Å². The Morgan fingerprint density at radius 1 is 1.13 bits per heavy atom. The first-order chi connectivity index (χ1) is 18.3. The van der Waals surface area contributed by atoms with E-state index in [1.54, 1.807) is 17.0 Å². The number of hydrogen-bond donors (Lipinski definition) is 1. The van der Waals surface area contributed by atoms with Gasteiger partial charge < -0.3 is 24.6 Å². The van der Waals surface area contributed by atoms with Crippen LogP contribution in [0.1, 0.15) is 46.0 Å². The molecule has 2 atom stereocenters. The SMILES string of the molecule is CC1(C)Cc2nc(N3CCOc4ccc(-c5ccc(C(=O)N6C[C@H]7C[C@@H]6C(=O)O7)cc5)cc43)sc2C(=O)N1. The van der Waals surface area contributed by atoms with Gasteiger partial charge in [0.05, 0.1) is 24.5 Å². The molecule has 0 spiro atoms. The zero-order chi connectivity index (χ0) is 26.2. The first kappa shape index (κ1) is 23.2. The van der Waals surface area contributed by atoms with Crippen LogP contribution in [0.2, 0.25) is 0 Å². The number of morpholine rings is 1. The number of carbonyl (C=O) groups is 3. The van der Waals surface area contributed by atoms with Gasteiger partial charge in [0, 0.05) is 23.9 Å². The van der Waals surface area contributed by atoms with Gasteiger partial charge in [0.2, 0.25) is 0 Å². The lowest BCUT2D eigenvalue weighted by Crippen LogP contribution is -2.48. The number of carbonyl (C=O) groups excluding carboxylic acids is 3. The number of nitrogens with one attached hydrogen (secondary N) is 1. The van der Waals surface area contributed by atoms with E-state index in [0.717, 1.165) is 33.4 Å². The van der Waals surface area contributed by atoms with E-state index < -0.39 is 6.04 Å². The van der Waals surface area contributed by atoms with Crippen molar-refractivity contribution in [1.82, 2.24) is 15.2 Å². The molecule has 2 amide bonds. The van der Waals surface area contributed by atoms with Crippen molar-refractivity contribution in [1.29, 1.82) is 0 Å². The molecule has 2 bridgehead atoms. The van der Waals surface area contributed by atoms with Crippen molar-refractivity contribution in [2.75, 3.05) is 24.6 Å². The first-order valence-electron chi connectivity index (χ1n) is 12.7. The van der Waals surface area contributed by atoms with Gasteiger partial charge in [-0.05, 0) is 49.2 Å². The van der Waals surface area contributed by atoms with Crippen molar-refractivity contribution in [3.05, 3.63) is 58.6 Å². The topological polar surface area (TPSA) is 101 Å². The van der Waals surface area contributed by atoms with Crippen LogP contribution in [-0.2, 0) is 16.0 Å². The minimum atomic E-state index is -0.465. The molecule has 2 aromatic carbocycles. The maximum absolute atomic E-state index is 13.0. The van der Waals surface area contributed by atoms with E-state index in [0.29, 0.717) is 43.0 Å². The molecule has 194 valence electrons. The number of fused-ring (bicyclic) bond motifs is 4. The van der Waals surface area contributed by atoms with Crippen LogP contribution < -0.4 is 15.0 Å². The van der Waals surface area contributed by atoms with Gasteiger partial charge in [0.25, 0.3) is 11.8 Å². The average Bonchev–Trinajstić information content (AvgIpc) is 3.61. The lowest BCUT2D eigenvalue weighted by atomic mass is 9.94. The van der Waals surface area contributed by atoms with Gasteiger partial charge in [0.1, 0.15) is 29.4 Å². The van der Waals surface area contributed by atoms with Crippen molar-refractivity contribution in [2.24, 2.45) is 0 Å². The van der Waals surface area contributed by atoms with Crippen molar-refractivity contribution < 1.29 is 23.9 Å². The molecule has 3 aromatic rings. The summed E-state index contributed by atoms with van der Waals surface area (Å²) < 4.78 is 11.1. The predicted octanol–water partition coefficient (Wildman–Crippen LogP) is 3.55. The highest BCUT2D eigenvalue weighted by atomic mass is 32.1. The maximum Gasteiger partial charge on any atom is 0.329 e. The number of esters is 1. The van der Waals surface area contributed by atoms with E-state index in [1.807, 2.05) is 38.1 Å². The van der Waals surface area contributed by atoms with Crippen LogP contribution in [0, 0.1) is 0 Å². The van der Waals surface area contributed by atoms with E-state index in [2.05, 4.69) is 16.3 Å². The molecule has 10 heteroatoms. The fourth-order valence-electron chi connectivity index (χ4n) is 5.72. The second kappa shape index (κ2) is 8.29. The molecule has 0 radical (unpaired) electrons. The molecule has 2 fully saturated rings. The predicted molar refractivity (Wildman–Crippen MR) is 141 cm³/mol. The summed E-state index contributed by atoms with van der Waals surface area (Å²) in [4.78, 5) is 46.9. The molecule has 5 heterocycles. The molecule has 4 aliphatic rings. The molecular weight excluding hydrogens is 504 g/mol. The number of hydrogen-bond acceptors (Lipinski definition) is 8. The van der Waals surface area contributed by atoms with Crippen LogP contribution >= 0.6 is 11.3 Å². The normalized spacial score (nSPS) is 22.9. The third-order valence-electron chi connectivity index (χ3n) is 7.55. The van der Waals surface area contributed by atoms with Gasteiger partial charge in [-0.1, -0.05) is 29.5 Å². The molecule has 0 aliphatic carbocycles. The molecule has 9 nitrogen and oxygen atoms in total. The number of nitrogens with zero attached hydrogens (tertiary/aromatic N) is 3. The van der Waals surface area contributed by atoms with Gasteiger partial charge in [-0.3, -0.25) is 9.59 Å². The largest absolute Gasteiger partial charge is 0.490 e. The molecule has 1 N–H and O–H groups in total. The van der Waals surface area contributed by atoms with Crippen molar-refractivity contribution in [2.45, 2.75) is 44.4 Å². The second-order valence-electron chi connectivity index (χ2n) is 10.8.